The number of nitrogens with zero attached hydrogens (tertiary/aromatic N) is 1. The number of hydrogen-bond donors (Lipinski definition) is 2. The zero-order chi connectivity index (χ0) is 15.1. The Hall–Kier alpha value is -1.59. The number of carbonyl (C=O) groups excluding carboxylic acids is 2. The maximum absolute atomic E-state index is 12.0. The Labute approximate surface area is 119 Å². The summed E-state index contributed by atoms with van der Waals surface area (Å²) in [4.78, 5) is 35.7. The molecule has 0 aromatic rings. The van der Waals surface area contributed by atoms with Crippen molar-refractivity contribution in [3.63, 3.8) is 0 Å². The number of likely N-dealkylation sites (tertiary alicyclic amines) is 1. The van der Waals surface area contributed by atoms with Crippen LogP contribution in [0.15, 0.2) is 0 Å². The Morgan fingerprint density at radius 3 is 2.70 bits per heavy atom. The van der Waals surface area contributed by atoms with Crippen LogP contribution in [0.4, 0.5) is 0 Å². The summed E-state index contributed by atoms with van der Waals surface area (Å²) in [7, 11) is 0. The lowest BCUT2D eigenvalue weighted by Gasteiger charge is -2.24. The van der Waals surface area contributed by atoms with E-state index in [2.05, 4.69) is 12.2 Å². The fraction of sp³-hybridized carbons (Fsp3) is 0.786. The zero-order valence-electron chi connectivity index (χ0n) is 12.2. The number of carboxylic acids is 1. The third kappa shape index (κ3) is 5.19. The Kier molecular flexibility index (Phi) is 6.48. The van der Waals surface area contributed by atoms with Gasteiger partial charge in [0.25, 0.3) is 0 Å². The quantitative estimate of drug-likeness (QED) is 0.762. The molecule has 2 atom stereocenters. The van der Waals surface area contributed by atoms with E-state index < -0.39 is 17.9 Å². The molecule has 2 amide bonds. The second-order valence-corrected chi connectivity index (χ2v) is 5.41. The molecule has 2 unspecified atom stereocenters. The number of rotatable bonds is 6. The molecule has 1 aliphatic rings. The molecule has 1 aliphatic heterocycles. The molecule has 0 spiro atoms. The maximum Gasteiger partial charge on any atom is 0.328 e. The highest BCUT2D eigenvalue weighted by Crippen LogP contribution is 2.22. The Morgan fingerprint density at radius 2 is 2.15 bits per heavy atom. The smallest absolute Gasteiger partial charge is 0.328 e. The van der Waals surface area contributed by atoms with Crippen molar-refractivity contribution in [2.24, 2.45) is 5.92 Å². The van der Waals surface area contributed by atoms with Gasteiger partial charge < -0.3 is 15.3 Å². The Morgan fingerprint density at radius 1 is 1.45 bits per heavy atom. The van der Waals surface area contributed by atoms with Crippen LogP contribution in [0.25, 0.3) is 0 Å². The maximum atomic E-state index is 12.0. The molecule has 1 rings (SSSR count). The van der Waals surface area contributed by atoms with E-state index in [0.717, 1.165) is 25.7 Å². The Bertz CT molecular complexity index is 370. The topological polar surface area (TPSA) is 86.7 Å². The summed E-state index contributed by atoms with van der Waals surface area (Å²) >= 11 is 0. The first-order chi connectivity index (χ1) is 9.43. The summed E-state index contributed by atoms with van der Waals surface area (Å²) in [5.41, 5.74) is 0. The summed E-state index contributed by atoms with van der Waals surface area (Å²) in [6.45, 7) is 4.03. The summed E-state index contributed by atoms with van der Waals surface area (Å²) in [6.07, 6.45) is 4.46. The molecule has 0 aromatic carbocycles. The van der Waals surface area contributed by atoms with Crippen LogP contribution in [0, 0.1) is 5.92 Å². The van der Waals surface area contributed by atoms with Gasteiger partial charge in [-0.1, -0.05) is 19.8 Å². The van der Waals surface area contributed by atoms with Crippen molar-refractivity contribution in [3.8, 4) is 0 Å². The highest BCUT2D eigenvalue weighted by atomic mass is 16.4. The second-order valence-electron chi connectivity index (χ2n) is 5.41. The molecule has 0 bridgehead atoms. The van der Waals surface area contributed by atoms with Crippen LogP contribution in [-0.4, -0.2) is 46.9 Å². The third-order valence-corrected chi connectivity index (χ3v) is 3.70. The molecule has 0 aromatic heterocycles. The van der Waals surface area contributed by atoms with Crippen molar-refractivity contribution in [2.75, 3.05) is 13.1 Å². The molecule has 114 valence electrons. The van der Waals surface area contributed by atoms with E-state index in [4.69, 9.17) is 5.11 Å². The molecule has 0 radical (unpaired) electrons. The number of nitrogens with one attached hydrogen (secondary N) is 1. The van der Waals surface area contributed by atoms with Crippen LogP contribution >= 0.6 is 0 Å². The first kappa shape index (κ1) is 16.5. The number of carbonyl (C=O) groups is 3. The minimum absolute atomic E-state index is 0.0137. The van der Waals surface area contributed by atoms with Crippen molar-refractivity contribution in [2.45, 2.75) is 52.0 Å². The molecule has 1 fully saturated rings. The normalized spacial score (nSPS) is 21.2. The largest absolute Gasteiger partial charge is 0.480 e. The molecule has 20 heavy (non-hydrogen) atoms. The van der Waals surface area contributed by atoms with Gasteiger partial charge in [0.05, 0.1) is 6.54 Å². The van der Waals surface area contributed by atoms with Gasteiger partial charge in [-0.25, -0.2) is 4.79 Å². The predicted octanol–water partition coefficient (Wildman–Crippen LogP) is 1.00. The van der Waals surface area contributed by atoms with E-state index in [-0.39, 0.29) is 12.5 Å². The minimum Gasteiger partial charge on any atom is -0.480 e. The Balaban J connectivity index is 2.62. The van der Waals surface area contributed by atoms with Gasteiger partial charge in [0.2, 0.25) is 11.8 Å². The van der Waals surface area contributed by atoms with Gasteiger partial charge >= 0.3 is 5.97 Å². The SMILES string of the molecule is CCCC1CCC(=O)N(CC(NC(C)=O)C(=O)O)CC1. The van der Waals surface area contributed by atoms with Crippen molar-refractivity contribution in [1.29, 1.82) is 0 Å². The average molecular weight is 284 g/mol. The van der Waals surface area contributed by atoms with Crippen LogP contribution in [0.5, 0.6) is 0 Å². The van der Waals surface area contributed by atoms with Crippen LogP contribution in [-0.2, 0) is 14.4 Å². The first-order valence-corrected chi connectivity index (χ1v) is 7.21. The molecular weight excluding hydrogens is 260 g/mol. The fourth-order valence-corrected chi connectivity index (χ4v) is 2.63. The number of carboxylic acid groups (broad SMARTS) is 1. The summed E-state index contributed by atoms with van der Waals surface area (Å²) < 4.78 is 0. The number of aliphatic carboxylic acids is 1. The van der Waals surface area contributed by atoms with Crippen LogP contribution in [0.3, 0.4) is 0 Å². The van der Waals surface area contributed by atoms with Crippen molar-refractivity contribution in [1.82, 2.24) is 10.2 Å². The van der Waals surface area contributed by atoms with E-state index in [9.17, 15) is 14.4 Å². The predicted molar refractivity (Wildman–Crippen MR) is 74.1 cm³/mol. The summed E-state index contributed by atoms with van der Waals surface area (Å²) in [5, 5.41) is 11.5. The van der Waals surface area contributed by atoms with Crippen molar-refractivity contribution >= 4 is 17.8 Å². The van der Waals surface area contributed by atoms with Gasteiger partial charge in [-0.05, 0) is 18.8 Å². The lowest BCUT2D eigenvalue weighted by molar-refractivity contribution is -0.143. The average Bonchev–Trinajstić information content (AvgIpc) is 2.53. The van der Waals surface area contributed by atoms with E-state index in [1.54, 1.807) is 4.90 Å². The van der Waals surface area contributed by atoms with E-state index >= 15 is 0 Å². The second kappa shape index (κ2) is 7.87. The third-order valence-electron chi connectivity index (χ3n) is 3.70. The van der Waals surface area contributed by atoms with E-state index in [0.29, 0.717) is 18.9 Å². The fourth-order valence-electron chi connectivity index (χ4n) is 2.63. The molecule has 1 heterocycles. The van der Waals surface area contributed by atoms with Gasteiger partial charge in [0.15, 0.2) is 0 Å². The molecular formula is C14H24N2O4. The molecule has 6 nitrogen and oxygen atoms in total. The van der Waals surface area contributed by atoms with Gasteiger partial charge in [0.1, 0.15) is 6.04 Å². The number of hydrogen-bond acceptors (Lipinski definition) is 3. The molecule has 6 heteroatoms. The summed E-state index contributed by atoms with van der Waals surface area (Å²) in [5.74, 6) is -0.982. The molecule has 1 saturated heterocycles. The zero-order valence-corrected chi connectivity index (χ0v) is 12.2. The minimum atomic E-state index is -1.11. The molecule has 0 saturated carbocycles. The van der Waals surface area contributed by atoms with E-state index in [1.165, 1.54) is 6.92 Å². The van der Waals surface area contributed by atoms with Crippen molar-refractivity contribution in [3.05, 3.63) is 0 Å². The van der Waals surface area contributed by atoms with Gasteiger partial charge in [-0.15, -0.1) is 0 Å². The highest BCUT2D eigenvalue weighted by Gasteiger charge is 2.27. The van der Waals surface area contributed by atoms with Crippen LogP contribution in [0.2, 0.25) is 0 Å². The first-order valence-electron chi connectivity index (χ1n) is 7.21. The lowest BCUT2D eigenvalue weighted by Crippen LogP contribution is -2.49. The standard InChI is InChI=1S/C14H24N2O4/c1-3-4-11-5-6-13(18)16(8-7-11)9-12(14(19)20)15-10(2)17/h11-12H,3-9H2,1-2H3,(H,15,17)(H,19,20). The lowest BCUT2D eigenvalue weighted by atomic mass is 9.96. The van der Waals surface area contributed by atoms with Gasteiger partial charge in [0, 0.05) is 19.9 Å². The molecule has 0 aliphatic carbocycles. The van der Waals surface area contributed by atoms with Gasteiger partial charge in [-0.2, -0.15) is 0 Å². The van der Waals surface area contributed by atoms with Crippen LogP contribution < -0.4 is 5.32 Å². The van der Waals surface area contributed by atoms with Crippen molar-refractivity contribution < 1.29 is 19.5 Å². The highest BCUT2D eigenvalue weighted by molar-refractivity contribution is 5.83. The monoisotopic (exact) mass is 284 g/mol. The van der Waals surface area contributed by atoms with E-state index in [1.807, 2.05) is 0 Å². The summed E-state index contributed by atoms with van der Waals surface area (Å²) in [6, 6.07) is -1.03. The van der Waals surface area contributed by atoms with Crippen LogP contribution in [0.1, 0.15) is 46.0 Å². The van der Waals surface area contributed by atoms with Gasteiger partial charge in [-0.3, -0.25) is 9.59 Å². The molecule has 2 N–H and O–H groups in total. The number of amides is 2.